The van der Waals surface area contributed by atoms with Gasteiger partial charge in [-0.1, -0.05) is 0 Å². The summed E-state index contributed by atoms with van der Waals surface area (Å²) in [5.74, 6) is 0.593. The lowest BCUT2D eigenvalue weighted by Gasteiger charge is -2.20. The molecule has 78 valence electrons. The SMILES string of the molecule is Cc1cc(CNC(C)(C)C)cc(N)n1. The summed E-state index contributed by atoms with van der Waals surface area (Å²) in [6.07, 6.45) is 0. The van der Waals surface area contributed by atoms with Crippen molar-refractivity contribution >= 4 is 5.82 Å². The van der Waals surface area contributed by atoms with E-state index < -0.39 is 0 Å². The molecule has 1 aromatic rings. The van der Waals surface area contributed by atoms with Crippen LogP contribution in [-0.2, 0) is 6.54 Å². The van der Waals surface area contributed by atoms with E-state index in [0.29, 0.717) is 5.82 Å². The summed E-state index contributed by atoms with van der Waals surface area (Å²) < 4.78 is 0. The van der Waals surface area contributed by atoms with Crippen LogP contribution in [0.5, 0.6) is 0 Å². The molecule has 0 fully saturated rings. The van der Waals surface area contributed by atoms with Crippen molar-refractivity contribution in [2.45, 2.75) is 39.8 Å². The van der Waals surface area contributed by atoms with E-state index in [4.69, 9.17) is 5.73 Å². The van der Waals surface area contributed by atoms with Crippen LogP contribution in [0.4, 0.5) is 5.82 Å². The van der Waals surface area contributed by atoms with E-state index in [2.05, 4.69) is 37.1 Å². The molecule has 0 spiro atoms. The fourth-order valence-electron chi connectivity index (χ4n) is 1.24. The quantitative estimate of drug-likeness (QED) is 0.753. The van der Waals surface area contributed by atoms with Gasteiger partial charge in [-0.15, -0.1) is 0 Å². The standard InChI is InChI=1S/C11H19N3/c1-8-5-9(6-10(12)14-8)7-13-11(2,3)4/h5-6,13H,7H2,1-4H3,(H2,12,14). The number of hydrogen-bond donors (Lipinski definition) is 2. The lowest BCUT2D eigenvalue weighted by molar-refractivity contribution is 0.424. The molecule has 1 aromatic heterocycles. The van der Waals surface area contributed by atoms with Gasteiger partial charge in [0.1, 0.15) is 5.82 Å². The van der Waals surface area contributed by atoms with Crippen molar-refractivity contribution in [3.63, 3.8) is 0 Å². The van der Waals surface area contributed by atoms with Gasteiger partial charge in [0.05, 0.1) is 0 Å². The summed E-state index contributed by atoms with van der Waals surface area (Å²) in [5, 5.41) is 3.41. The molecule has 0 aliphatic heterocycles. The Morgan fingerprint density at radius 2 is 2.00 bits per heavy atom. The number of nitrogens with zero attached hydrogens (tertiary/aromatic N) is 1. The Balaban J connectivity index is 2.68. The summed E-state index contributed by atoms with van der Waals surface area (Å²) in [6.45, 7) is 9.22. The molecule has 0 aromatic carbocycles. The minimum absolute atomic E-state index is 0.131. The van der Waals surface area contributed by atoms with Gasteiger partial charge in [-0.25, -0.2) is 4.98 Å². The van der Waals surface area contributed by atoms with Crippen molar-refractivity contribution in [2.75, 3.05) is 5.73 Å². The average molecular weight is 193 g/mol. The summed E-state index contributed by atoms with van der Waals surface area (Å²) in [7, 11) is 0. The van der Waals surface area contributed by atoms with Crippen LogP contribution in [0, 0.1) is 6.92 Å². The van der Waals surface area contributed by atoms with Crippen LogP contribution in [0.1, 0.15) is 32.0 Å². The van der Waals surface area contributed by atoms with Gasteiger partial charge in [0.25, 0.3) is 0 Å². The predicted octanol–water partition coefficient (Wildman–Crippen LogP) is 1.86. The zero-order valence-corrected chi connectivity index (χ0v) is 9.39. The smallest absolute Gasteiger partial charge is 0.123 e. The predicted molar refractivity (Wildman–Crippen MR) is 60.0 cm³/mol. The Morgan fingerprint density at radius 3 is 2.50 bits per heavy atom. The van der Waals surface area contributed by atoms with Crippen LogP contribution in [0.15, 0.2) is 12.1 Å². The molecular formula is C11H19N3. The Hall–Kier alpha value is -1.09. The maximum atomic E-state index is 5.66. The van der Waals surface area contributed by atoms with Crippen molar-refractivity contribution in [1.82, 2.24) is 10.3 Å². The molecule has 3 nitrogen and oxygen atoms in total. The number of anilines is 1. The molecule has 0 aliphatic rings. The number of pyridine rings is 1. The number of rotatable bonds is 2. The minimum atomic E-state index is 0.131. The Bertz CT molecular complexity index is 293. The highest BCUT2D eigenvalue weighted by molar-refractivity contribution is 5.34. The molecule has 0 saturated carbocycles. The number of aromatic nitrogens is 1. The van der Waals surface area contributed by atoms with Crippen molar-refractivity contribution in [3.8, 4) is 0 Å². The van der Waals surface area contributed by atoms with Crippen LogP contribution in [0.3, 0.4) is 0 Å². The highest BCUT2D eigenvalue weighted by Crippen LogP contribution is 2.08. The Morgan fingerprint density at radius 1 is 1.36 bits per heavy atom. The van der Waals surface area contributed by atoms with Crippen LogP contribution < -0.4 is 11.1 Å². The van der Waals surface area contributed by atoms with E-state index in [1.54, 1.807) is 0 Å². The van der Waals surface area contributed by atoms with E-state index in [1.165, 1.54) is 5.56 Å². The lowest BCUT2D eigenvalue weighted by Crippen LogP contribution is -2.35. The molecule has 0 atom stereocenters. The van der Waals surface area contributed by atoms with Crippen molar-refractivity contribution in [3.05, 3.63) is 23.4 Å². The number of nitrogens with two attached hydrogens (primary N) is 1. The second-order valence-corrected chi connectivity index (χ2v) is 4.65. The van der Waals surface area contributed by atoms with Gasteiger partial charge in [0.2, 0.25) is 0 Å². The van der Waals surface area contributed by atoms with Crippen LogP contribution in [0.25, 0.3) is 0 Å². The highest BCUT2D eigenvalue weighted by Gasteiger charge is 2.08. The first-order valence-electron chi connectivity index (χ1n) is 4.85. The van der Waals surface area contributed by atoms with Gasteiger partial charge in [-0.2, -0.15) is 0 Å². The molecule has 0 saturated heterocycles. The summed E-state index contributed by atoms with van der Waals surface area (Å²) in [6, 6.07) is 3.96. The molecule has 3 heteroatoms. The zero-order chi connectivity index (χ0) is 10.8. The van der Waals surface area contributed by atoms with Crippen LogP contribution >= 0.6 is 0 Å². The molecule has 1 rings (SSSR count). The molecule has 14 heavy (non-hydrogen) atoms. The van der Waals surface area contributed by atoms with Gasteiger partial charge in [-0.3, -0.25) is 0 Å². The van der Waals surface area contributed by atoms with Gasteiger partial charge in [0.15, 0.2) is 0 Å². The van der Waals surface area contributed by atoms with Crippen molar-refractivity contribution < 1.29 is 0 Å². The van der Waals surface area contributed by atoms with Crippen molar-refractivity contribution in [2.24, 2.45) is 0 Å². The summed E-state index contributed by atoms with van der Waals surface area (Å²) in [5.41, 5.74) is 7.94. The molecule has 0 amide bonds. The van der Waals surface area contributed by atoms with Gasteiger partial charge in [0, 0.05) is 17.8 Å². The van der Waals surface area contributed by atoms with E-state index in [0.717, 1.165) is 12.2 Å². The molecule has 0 bridgehead atoms. The first-order valence-corrected chi connectivity index (χ1v) is 4.85. The molecule has 1 heterocycles. The normalized spacial score (nSPS) is 11.7. The number of hydrogen-bond acceptors (Lipinski definition) is 3. The summed E-state index contributed by atoms with van der Waals surface area (Å²) >= 11 is 0. The maximum absolute atomic E-state index is 5.66. The molecular weight excluding hydrogens is 174 g/mol. The molecule has 0 aliphatic carbocycles. The van der Waals surface area contributed by atoms with E-state index >= 15 is 0 Å². The average Bonchev–Trinajstić information content (AvgIpc) is 1.97. The first kappa shape index (κ1) is 11.0. The third-order valence-corrected chi connectivity index (χ3v) is 1.86. The topological polar surface area (TPSA) is 50.9 Å². The van der Waals surface area contributed by atoms with Crippen molar-refractivity contribution in [1.29, 1.82) is 0 Å². The van der Waals surface area contributed by atoms with Gasteiger partial charge in [-0.05, 0) is 45.4 Å². The highest BCUT2D eigenvalue weighted by atomic mass is 14.9. The summed E-state index contributed by atoms with van der Waals surface area (Å²) in [4.78, 5) is 4.13. The number of nitrogen functional groups attached to an aromatic ring is 1. The number of aryl methyl sites for hydroxylation is 1. The van der Waals surface area contributed by atoms with E-state index in [1.807, 2.05) is 13.0 Å². The van der Waals surface area contributed by atoms with Crippen LogP contribution in [0.2, 0.25) is 0 Å². The fraction of sp³-hybridized carbons (Fsp3) is 0.545. The minimum Gasteiger partial charge on any atom is -0.384 e. The van der Waals surface area contributed by atoms with Gasteiger partial charge < -0.3 is 11.1 Å². The molecule has 3 N–H and O–H groups in total. The third kappa shape index (κ3) is 3.75. The molecule has 0 unspecified atom stereocenters. The maximum Gasteiger partial charge on any atom is 0.123 e. The molecule has 0 radical (unpaired) electrons. The third-order valence-electron chi connectivity index (χ3n) is 1.86. The van der Waals surface area contributed by atoms with Crippen LogP contribution in [-0.4, -0.2) is 10.5 Å². The van der Waals surface area contributed by atoms with Gasteiger partial charge >= 0.3 is 0 Å². The second kappa shape index (κ2) is 3.96. The Labute approximate surface area is 85.7 Å². The fourth-order valence-corrected chi connectivity index (χ4v) is 1.24. The number of nitrogens with one attached hydrogen (secondary N) is 1. The largest absolute Gasteiger partial charge is 0.384 e. The lowest BCUT2D eigenvalue weighted by atomic mass is 10.1. The zero-order valence-electron chi connectivity index (χ0n) is 9.39. The van der Waals surface area contributed by atoms with E-state index in [-0.39, 0.29) is 5.54 Å². The first-order chi connectivity index (χ1) is 6.37. The second-order valence-electron chi connectivity index (χ2n) is 4.65. The monoisotopic (exact) mass is 193 g/mol. The Kier molecular flexibility index (Phi) is 3.11. The van der Waals surface area contributed by atoms with E-state index in [9.17, 15) is 0 Å².